The molecule has 0 spiro atoms. The van der Waals surface area contributed by atoms with Crippen molar-refractivity contribution in [2.45, 2.75) is 4.90 Å². The molecule has 29 heavy (non-hydrogen) atoms. The van der Waals surface area contributed by atoms with Gasteiger partial charge in [-0.1, -0.05) is 40.6 Å². The zero-order valence-corrected chi connectivity index (χ0v) is 19.2. The van der Waals surface area contributed by atoms with Crippen molar-refractivity contribution in [2.24, 2.45) is 0 Å². The molecule has 0 aliphatic carbocycles. The smallest absolute Gasteiger partial charge is 0.261 e. The topological polar surface area (TPSA) is 70.6 Å². The van der Waals surface area contributed by atoms with Crippen LogP contribution in [0, 0.1) is 0 Å². The molecule has 10 heteroatoms. The first-order chi connectivity index (χ1) is 13.6. The van der Waals surface area contributed by atoms with Gasteiger partial charge in [0.05, 0.1) is 20.2 Å². The van der Waals surface area contributed by atoms with E-state index in [4.69, 9.17) is 23.2 Å². The van der Waals surface area contributed by atoms with Crippen LogP contribution < -0.4 is 4.90 Å². The monoisotopic (exact) mass is 471 g/mol. The van der Waals surface area contributed by atoms with E-state index in [1.807, 2.05) is 19.0 Å². The molecule has 2 aromatic carbocycles. The summed E-state index contributed by atoms with van der Waals surface area (Å²) < 4.78 is 24.9. The first-order valence-electron chi connectivity index (χ1n) is 8.59. The molecule has 1 heterocycles. The molecule has 0 aliphatic rings. The van der Waals surface area contributed by atoms with Crippen LogP contribution in [-0.4, -0.2) is 57.6 Å². The third-order valence-corrected chi connectivity index (χ3v) is 6.90. The van der Waals surface area contributed by atoms with E-state index in [1.54, 1.807) is 24.3 Å². The van der Waals surface area contributed by atoms with E-state index in [2.05, 4.69) is 4.98 Å². The Bertz CT molecular complexity index is 1180. The maximum absolute atomic E-state index is 13.3. The number of aromatic nitrogens is 1. The number of carbonyl (C=O) groups is 1. The number of anilines is 1. The lowest BCUT2D eigenvalue weighted by atomic mass is 10.2. The van der Waals surface area contributed by atoms with Crippen LogP contribution >= 0.6 is 34.5 Å². The van der Waals surface area contributed by atoms with E-state index in [1.165, 1.54) is 28.4 Å². The van der Waals surface area contributed by atoms with E-state index in [-0.39, 0.29) is 15.8 Å². The number of amides is 1. The highest BCUT2D eigenvalue weighted by Crippen LogP contribution is 2.34. The number of likely N-dealkylation sites (N-methyl/N-ethyl adjacent to an activating group) is 1. The number of carbonyl (C=O) groups excluding carboxylic acids is 1. The fraction of sp³-hybridized carbons (Fsp3) is 0.263. The molecule has 0 aliphatic heterocycles. The fourth-order valence-corrected chi connectivity index (χ4v) is 5.12. The summed E-state index contributed by atoms with van der Waals surface area (Å²) in [6.45, 7) is 0.949. The van der Waals surface area contributed by atoms with Gasteiger partial charge in [0.15, 0.2) is 15.0 Å². The average Bonchev–Trinajstić information content (AvgIpc) is 3.04. The minimum absolute atomic E-state index is 0.141. The summed E-state index contributed by atoms with van der Waals surface area (Å²) in [5, 5.41) is 1.09. The van der Waals surface area contributed by atoms with Gasteiger partial charge in [0, 0.05) is 24.4 Å². The molecule has 0 saturated carbocycles. The maximum atomic E-state index is 13.3. The summed E-state index contributed by atoms with van der Waals surface area (Å²) in [5.74, 6) is -0.325. The van der Waals surface area contributed by atoms with Crippen molar-refractivity contribution in [3.63, 3.8) is 0 Å². The number of para-hydroxylation sites is 1. The molecule has 0 bridgehead atoms. The Labute approximate surface area is 183 Å². The molecule has 0 atom stereocenters. The Balaban J connectivity index is 2.11. The van der Waals surface area contributed by atoms with Gasteiger partial charge in [-0.3, -0.25) is 9.69 Å². The number of halogens is 2. The molecule has 3 rings (SSSR count). The molecule has 1 aromatic heterocycles. The SMILES string of the molecule is CN(C)CCN(C(=O)c1ccc(Cl)cc1Cl)c1nc2c(S(C)(=O)=O)cccc2s1. The van der Waals surface area contributed by atoms with Crippen molar-refractivity contribution in [1.29, 1.82) is 0 Å². The Kier molecular flexibility index (Phi) is 6.50. The molecule has 154 valence electrons. The van der Waals surface area contributed by atoms with Crippen LogP contribution in [-0.2, 0) is 9.84 Å². The molecule has 6 nitrogen and oxygen atoms in total. The van der Waals surface area contributed by atoms with Crippen LogP contribution in [0.4, 0.5) is 5.13 Å². The molecule has 0 N–H and O–H groups in total. The summed E-state index contributed by atoms with van der Waals surface area (Å²) in [7, 11) is 0.347. The third kappa shape index (κ3) is 4.90. The Morgan fingerprint density at radius 1 is 1.14 bits per heavy atom. The lowest BCUT2D eigenvalue weighted by Gasteiger charge is -2.22. The van der Waals surface area contributed by atoms with E-state index >= 15 is 0 Å². The van der Waals surface area contributed by atoms with Gasteiger partial charge in [0.25, 0.3) is 5.91 Å². The van der Waals surface area contributed by atoms with Crippen molar-refractivity contribution in [2.75, 3.05) is 38.3 Å². The molecule has 0 saturated heterocycles. The molecule has 1 amide bonds. The van der Waals surface area contributed by atoms with Gasteiger partial charge in [0.1, 0.15) is 5.52 Å². The molecular formula is C19H19Cl2N3O3S2. The van der Waals surface area contributed by atoms with Gasteiger partial charge in [-0.15, -0.1) is 0 Å². The second kappa shape index (κ2) is 8.57. The number of hydrogen-bond acceptors (Lipinski definition) is 6. The van der Waals surface area contributed by atoms with Crippen LogP contribution in [0.25, 0.3) is 10.2 Å². The van der Waals surface area contributed by atoms with E-state index < -0.39 is 9.84 Å². The first-order valence-corrected chi connectivity index (χ1v) is 12.1. The zero-order chi connectivity index (χ0) is 21.3. The van der Waals surface area contributed by atoms with Crippen LogP contribution in [0.5, 0.6) is 0 Å². The second-order valence-corrected chi connectivity index (χ2v) is 10.6. The molecule has 0 radical (unpaired) electrons. The number of hydrogen-bond donors (Lipinski definition) is 0. The van der Waals surface area contributed by atoms with Crippen molar-refractivity contribution < 1.29 is 13.2 Å². The Morgan fingerprint density at radius 2 is 1.86 bits per heavy atom. The minimum Gasteiger partial charge on any atom is -0.308 e. The fourth-order valence-electron chi connectivity index (χ4n) is 2.72. The minimum atomic E-state index is -3.45. The average molecular weight is 472 g/mol. The van der Waals surface area contributed by atoms with Gasteiger partial charge in [-0.05, 0) is 44.4 Å². The Morgan fingerprint density at radius 3 is 2.48 bits per heavy atom. The predicted molar refractivity (Wildman–Crippen MR) is 119 cm³/mol. The first kappa shape index (κ1) is 22.0. The lowest BCUT2D eigenvalue weighted by Crippen LogP contribution is -2.36. The summed E-state index contributed by atoms with van der Waals surface area (Å²) in [5.41, 5.74) is 0.664. The summed E-state index contributed by atoms with van der Waals surface area (Å²) in [6, 6.07) is 9.66. The number of fused-ring (bicyclic) bond motifs is 1. The predicted octanol–water partition coefficient (Wildman–Crippen LogP) is 4.22. The number of thiazole rings is 1. The van der Waals surface area contributed by atoms with Gasteiger partial charge in [-0.25, -0.2) is 13.4 Å². The normalized spacial score (nSPS) is 11.9. The molecule has 0 unspecified atom stereocenters. The second-order valence-electron chi connectivity index (χ2n) is 6.76. The van der Waals surface area contributed by atoms with Crippen LogP contribution in [0.15, 0.2) is 41.3 Å². The lowest BCUT2D eigenvalue weighted by molar-refractivity contribution is 0.0985. The molecule has 3 aromatic rings. The van der Waals surface area contributed by atoms with Gasteiger partial charge < -0.3 is 4.90 Å². The van der Waals surface area contributed by atoms with Crippen molar-refractivity contribution in [1.82, 2.24) is 9.88 Å². The van der Waals surface area contributed by atoms with E-state index in [9.17, 15) is 13.2 Å². The van der Waals surface area contributed by atoms with Crippen molar-refractivity contribution in [3.05, 3.63) is 52.0 Å². The van der Waals surface area contributed by atoms with Gasteiger partial charge in [-0.2, -0.15) is 0 Å². The third-order valence-electron chi connectivity index (χ3n) is 4.18. The van der Waals surface area contributed by atoms with Crippen LogP contribution in [0.3, 0.4) is 0 Å². The van der Waals surface area contributed by atoms with Crippen molar-refractivity contribution in [3.8, 4) is 0 Å². The number of rotatable bonds is 6. The summed E-state index contributed by atoms with van der Waals surface area (Å²) >= 11 is 13.5. The molecule has 0 fully saturated rings. The van der Waals surface area contributed by atoms with E-state index in [0.29, 0.717) is 39.0 Å². The van der Waals surface area contributed by atoms with Crippen LogP contribution in [0.2, 0.25) is 10.0 Å². The van der Waals surface area contributed by atoms with Gasteiger partial charge in [0.2, 0.25) is 0 Å². The Hall–Kier alpha value is -1.71. The zero-order valence-electron chi connectivity index (χ0n) is 16.0. The van der Waals surface area contributed by atoms with Crippen LogP contribution in [0.1, 0.15) is 10.4 Å². The highest BCUT2D eigenvalue weighted by atomic mass is 35.5. The largest absolute Gasteiger partial charge is 0.308 e. The van der Waals surface area contributed by atoms with Crippen molar-refractivity contribution >= 4 is 65.6 Å². The number of benzene rings is 2. The van der Waals surface area contributed by atoms with Gasteiger partial charge >= 0.3 is 0 Å². The standard InChI is InChI=1S/C19H19Cl2N3O3S2/c1-23(2)9-10-24(18(25)13-8-7-12(20)11-14(13)21)19-22-17-15(28-19)5-4-6-16(17)29(3,26)27/h4-8,11H,9-10H2,1-3H3. The molecular weight excluding hydrogens is 453 g/mol. The highest BCUT2D eigenvalue weighted by Gasteiger charge is 2.25. The van der Waals surface area contributed by atoms with E-state index in [0.717, 1.165) is 6.26 Å². The summed E-state index contributed by atoms with van der Waals surface area (Å²) in [4.78, 5) is 21.4. The highest BCUT2D eigenvalue weighted by molar-refractivity contribution is 7.91. The number of sulfone groups is 1. The number of nitrogens with zero attached hydrogens (tertiary/aromatic N) is 3. The maximum Gasteiger partial charge on any atom is 0.261 e. The quantitative estimate of drug-likeness (QED) is 0.538. The summed E-state index contributed by atoms with van der Waals surface area (Å²) in [6.07, 6.45) is 1.14.